The van der Waals surface area contributed by atoms with Gasteiger partial charge in [0.15, 0.2) is 0 Å². The van der Waals surface area contributed by atoms with E-state index in [9.17, 15) is 0 Å². The first-order chi connectivity index (χ1) is 32.2. The third-order valence-electron chi connectivity index (χ3n) is 12.9. The van der Waals surface area contributed by atoms with Gasteiger partial charge >= 0.3 is 0 Å². The number of rotatable bonds is 9. The van der Waals surface area contributed by atoms with Crippen molar-refractivity contribution in [3.63, 3.8) is 0 Å². The number of allylic oxidation sites excluding steroid dienone is 4. The maximum absolute atomic E-state index is 2.48. The van der Waals surface area contributed by atoms with Crippen molar-refractivity contribution >= 4 is 92.8 Å². The molecule has 0 fully saturated rings. The van der Waals surface area contributed by atoms with Crippen LogP contribution in [-0.4, -0.2) is 0 Å². The predicted octanol–water partition coefficient (Wildman–Crippen LogP) is 18.4. The van der Waals surface area contributed by atoms with E-state index in [4.69, 9.17) is 0 Å². The van der Waals surface area contributed by atoms with Crippen molar-refractivity contribution in [3.05, 3.63) is 248 Å². The van der Waals surface area contributed by atoms with E-state index in [1.54, 1.807) is 0 Å². The lowest BCUT2D eigenvalue weighted by molar-refractivity contribution is 1.04. The van der Waals surface area contributed by atoms with Gasteiger partial charge in [-0.2, -0.15) is 0 Å². The second kappa shape index (κ2) is 16.6. The molecule has 11 aromatic rings. The summed E-state index contributed by atoms with van der Waals surface area (Å²) in [7, 11) is 0. The fourth-order valence-electron chi connectivity index (χ4n) is 9.65. The van der Waals surface area contributed by atoms with Gasteiger partial charge in [-0.15, -0.1) is 11.3 Å². The third kappa shape index (κ3) is 7.17. The quantitative estimate of drug-likeness (QED) is 0.134. The van der Waals surface area contributed by atoms with E-state index >= 15 is 0 Å². The number of hydrogen-bond donors (Lipinski definition) is 0. The van der Waals surface area contributed by atoms with Crippen LogP contribution in [0.2, 0.25) is 0 Å². The monoisotopic (exact) mass is 848 g/mol. The van der Waals surface area contributed by atoms with E-state index in [2.05, 4.69) is 252 Å². The van der Waals surface area contributed by atoms with Crippen LogP contribution in [0.5, 0.6) is 0 Å². The maximum atomic E-state index is 2.48. The van der Waals surface area contributed by atoms with Crippen LogP contribution in [0.4, 0.5) is 34.1 Å². The number of fused-ring (bicyclic) bond motifs is 6. The van der Waals surface area contributed by atoms with Crippen LogP contribution in [-0.2, 0) is 0 Å². The van der Waals surface area contributed by atoms with Crippen molar-refractivity contribution in [1.82, 2.24) is 0 Å². The van der Waals surface area contributed by atoms with Crippen molar-refractivity contribution < 1.29 is 0 Å². The van der Waals surface area contributed by atoms with Crippen LogP contribution in [0.3, 0.4) is 0 Å². The molecule has 1 aromatic heterocycles. The summed E-state index contributed by atoms with van der Waals surface area (Å²) in [5.74, 6) is 0. The van der Waals surface area contributed by atoms with E-state index < -0.39 is 0 Å². The largest absolute Gasteiger partial charge is 0.311 e. The number of hydrogen-bond acceptors (Lipinski definition) is 3. The summed E-state index contributed by atoms with van der Waals surface area (Å²) in [6.07, 6.45) is 9.08. The molecule has 0 N–H and O–H groups in total. The fourth-order valence-corrected chi connectivity index (χ4v) is 10.9. The predicted molar refractivity (Wildman–Crippen MR) is 281 cm³/mol. The highest BCUT2D eigenvalue weighted by Gasteiger charge is 2.21. The number of para-hydroxylation sites is 1. The molecule has 1 aliphatic rings. The Kier molecular flexibility index (Phi) is 9.89. The molecule has 10 aromatic carbocycles. The second-order valence-electron chi connectivity index (χ2n) is 16.8. The highest BCUT2D eigenvalue weighted by atomic mass is 32.1. The van der Waals surface area contributed by atoms with Crippen LogP contribution in [0.15, 0.2) is 243 Å². The Morgan fingerprint density at radius 1 is 0.338 bits per heavy atom. The van der Waals surface area contributed by atoms with Gasteiger partial charge in [0.1, 0.15) is 0 Å². The van der Waals surface area contributed by atoms with Gasteiger partial charge in [-0.05, 0) is 129 Å². The van der Waals surface area contributed by atoms with E-state index in [0.717, 1.165) is 35.6 Å². The zero-order valence-corrected chi connectivity index (χ0v) is 36.6. The first-order valence-electron chi connectivity index (χ1n) is 22.5. The van der Waals surface area contributed by atoms with Crippen molar-refractivity contribution in [1.29, 1.82) is 0 Å². The van der Waals surface area contributed by atoms with Crippen LogP contribution in [0.1, 0.15) is 18.4 Å². The third-order valence-corrected chi connectivity index (χ3v) is 14.1. The SMILES string of the molecule is C1=CC(c2ccc(-c3ccc(N(c4ccccc4)c4ccc(-c5ccc(N(c6cc7ccccc7c7ccccc67)c6cccc7c6sc6ccccc67)cc5)cc4)cc3)cc2)=CCC1. The number of nitrogens with zero attached hydrogens (tertiary/aromatic N) is 2. The Labute approximate surface area is 383 Å². The van der Waals surface area contributed by atoms with E-state index in [1.807, 2.05) is 11.3 Å². The average Bonchev–Trinajstić information content (AvgIpc) is 3.77. The average molecular weight is 849 g/mol. The lowest BCUT2D eigenvalue weighted by Gasteiger charge is -2.28. The number of thiophene rings is 1. The minimum Gasteiger partial charge on any atom is -0.311 e. The normalized spacial score (nSPS) is 12.5. The lowest BCUT2D eigenvalue weighted by Crippen LogP contribution is -2.11. The fraction of sp³-hybridized carbons (Fsp3) is 0.0323. The zero-order valence-electron chi connectivity index (χ0n) is 35.8. The molecule has 0 radical (unpaired) electrons. The highest BCUT2D eigenvalue weighted by Crippen LogP contribution is 2.48. The molecule has 308 valence electrons. The molecule has 0 saturated carbocycles. The standard InChI is InChI=1S/C62H44N2S/c1-3-14-43(15-4-1)44-26-28-45(29-27-44)46-30-36-51(37-31-46)63(50-17-5-2-6-18-50)52-38-32-47(33-39-52)48-34-40-53(41-35-48)64(59-24-13-23-58-57-22-11-12-25-61(57)65-62(58)59)60-42-49-16-7-8-19-54(49)55-20-9-10-21-56(55)60/h2-3,5-42H,1,4H2. The van der Waals surface area contributed by atoms with Crippen molar-refractivity contribution in [2.45, 2.75) is 12.8 Å². The van der Waals surface area contributed by atoms with Crippen molar-refractivity contribution in [3.8, 4) is 22.3 Å². The number of anilines is 6. The summed E-state index contributed by atoms with van der Waals surface area (Å²) in [4.78, 5) is 4.81. The van der Waals surface area contributed by atoms with Crippen LogP contribution >= 0.6 is 11.3 Å². The molecule has 0 saturated heterocycles. The summed E-state index contributed by atoms with van der Waals surface area (Å²) in [5, 5.41) is 7.54. The molecule has 0 atom stereocenters. The summed E-state index contributed by atoms with van der Waals surface area (Å²) in [6, 6.07) is 82.1. The lowest BCUT2D eigenvalue weighted by atomic mass is 9.97. The summed E-state index contributed by atoms with van der Waals surface area (Å²) in [5.41, 5.74) is 14.1. The molecule has 0 amide bonds. The van der Waals surface area contributed by atoms with Gasteiger partial charge in [-0.1, -0.05) is 176 Å². The van der Waals surface area contributed by atoms with Gasteiger partial charge in [0.2, 0.25) is 0 Å². The van der Waals surface area contributed by atoms with Gasteiger partial charge in [0, 0.05) is 43.6 Å². The van der Waals surface area contributed by atoms with Gasteiger partial charge in [-0.3, -0.25) is 0 Å². The van der Waals surface area contributed by atoms with Gasteiger partial charge in [0.25, 0.3) is 0 Å². The molecule has 2 nitrogen and oxygen atoms in total. The van der Waals surface area contributed by atoms with E-state index in [-0.39, 0.29) is 0 Å². The summed E-state index contributed by atoms with van der Waals surface area (Å²) < 4.78 is 2.58. The molecule has 12 rings (SSSR count). The van der Waals surface area contributed by atoms with Crippen molar-refractivity contribution in [2.75, 3.05) is 9.80 Å². The van der Waals surface area contributed by atoms with Crippen molar-refractivity contribution in [2.24, 2.45) is 0 Å². The first-order valence-corrected chi connectivity index (χ1v) is 23.3. The highest BCUT2D eigenvalue weighted by molar-refractivity contribution is 7.26. The Morgan fingerprint density at radius 2 is 0.846 bits per heavy atom. The van der Waals surface area contributed by atoms with Crippen LogP contribution in [0.25, 0.3) is 69.5 Å². The zero-order chi connectivity index (χ0) is 43.1. The minimum atomic E-state index is 1.10. The first kappa shape index (κ1) is 38.7. The Hall–Kier alpha value is -7.98. The molecule has 0 unspecified atom stereocenters. The van der Waals surface area contributed by atoms with Gasteiger partial charge in [0.05, 0.1) is 16.1 Å². The Balaban J connectivity index is 0.894. The van der Waals surface area contributed by atoms with E-state index in [0.29, 0.717) is 0 Å². The molecular weight excluding hydrogens is 805 g/mol. The van der Waals surface area contributed by atoms with Gasteiger partial charge in [-0.25, -0.2) is 0 Å². The van der Waals surface area contributed by atoms with Gasteiger partial charge < -0.3 is 9.80 Å². The molecule has 3 heteroatoms. The molecule has 0 spiro atoms. The Bertz CT molecular complexity index is 3560. The maximum Gasteiger partial charge on any atom is 0.0640 e. The second-order valence-corrected chi connectivity index (χ2v) is 17.8. The summed E-state index contributed by atoms with van der Waals surface area (Å²) >= 11 is 1.87. The van der Waals surface area contributed by atoms with E-state index in [1.165, 1.54) is 86.5 Å². The smallest absolute Gasteiger partial charge is 0.0640 e. The summed E-state index contributed by atoms with van der Waals surface area (Å²) in [6.45, 7) is 0. The number of benzene rings is 10. The Morgan fingerprint density at radius 3 is 1.49 bits per heavy atom. The van der Waals surface area contributed by atoms with Crippen LogP contribution < -0.4 is 9.80 Å². The molecule has 0 bridgehead atoms. The molecule has 1 aliphatic carbocycles. The topological polar surface area (TPSA) is 6.48 Å². The molecule has 0 aliphatic heterocycles. The molecule has 65 heavy (non-hydrogen) atoms. The molecular formula is C62H44N2S. The molecule has 1 heterocycles. The minimum absolute atomic E-state index is 1.10. The van der Waals surface area contributed by atoms with Crippen LogP contribution in [0, 0.1) is 0 Å².